The Labute approximate surface area is 139 Å². The molecule has 1 aliphatic heterocycles. The molecule has 0 saturated heterocycles. The molecule has 2 aromatic carbocycles. The summed E-state index contributed by atoms with van der Waals surface area (Å²) in [5.74, 6) is -1.44. The summed E-state index contributed by atoms with van der Waals surface area (Å²) in [6, 6.07) is 11.2. The number of benzene rings is 2. The van der Waals surface area contributed by atoms with Crippen LogP contribution in [0.5, 0.6) is 5.75 Å². The highest BCUT2D eigenvalue weighted by Crippen LogP contribution is 2.29. The molecule has 0 aromatic heterocycles. The van der Waals surface area contributed by atoms with Crippen molar-refractivity contribution in [2.75, 3.05) is 5.32 Å². The van der Waals surface area contributed by atoms with E-state index in [1.165, 1.54) is 12.1 Å². The van der Waals surface area contributed by atoms with Gasteiger partial charge in [0.15, 0.2) is 0 Å². The molecule has 2 aromatic rings. The van der Waals surface area contributed by atoms with Gasteiger partial charge in [-0.2, -0.15) is 0 Å². The number of hydrogen-bond donors (Lipinski definition) is 1. The SMILES string of the molecule is O=C(/C=C1\OC(=O)c2ccccc21)Nc1ccc(OC(F)(F)F)cc1. The van der Waals surface area contributed by atoms with Crippen LogP contribution in [0.15, 0.2) is 54.6 Å². The molecule has 1 aliphatic rings. The highest BCUT2D eigenvalue weighted by atomic mass is 19.4. The molecule has 0 saturated carbocycles. The highest BCUT2D eigenvalue weighted by Gasteiger charge is 2.31. The van der Waals surface area contributed by atoms with Gasteiger partial charge in [0.2, 0.25) is 0 Å². The van der Waals surface area contributed by atoms with Crippen LogP contribution in [0.4, 0.5) is 18.9 Å². The second kappa shape index (κ2) is 6.31. The first kappa shape index (κ1) is 16.6. The summed E-state index contributed by atoms with van der Waals surface area (Å²) < 4.78 is 45.0. The maximum atomic E-state index is 12.1. The molecule has 3 rings (SSSR count). The number of carbonyl (C=O) groups excluding carboxylic acids is 2. The largest absolute Gasteiger partial charge is 0.573 e. The van der Waals surface area contributed by atoms with Crippen LogP contribution in [0.3, 0.4) is 0 Å². The maximum absolute atomic E-state index is 12.1. The van der Waals surface area contributed by atoms with Crippen LogP contribution in [0.25, 0.3) is 5.76 Å². The van der Waals surface area contributed by atoms with Crippen LogP contribution in [-0.4, -0.2) is 18.2 Å². The molecule has 0 atom stereocenters. The highest BCUT2D eigenvalue weighted by molar-refractivity contribution is 6.09. The third-order valence-electron chi connectivity index (χ3n) is 3.23. The summed E-state index contributed by atoms with van der Waals surface area (Å²) in [7, 11) is 0. The molecule has 0 fully saturated rings. The Kier molecular flexibility index (Phi) is 4.18. The number of ether oxygens (including phenoxy) is 2. The maximum Gasteiger partial charge on any atom is 0.573 e. The molecule has 0 spiro atoms. The van der Waals surface area contributed by atoms with Crippen LogP contribution in [-0.2, 0) is 9.53 Å². The first-order valence-electron chi connectivity index (χ1n) is 7.02. The van der Waals surface area contributed by atoms with E-state index in [0.29, 0.717) is 11.1 Å². The smallest absolute Gasteiger partial charge is 0.422 e. The molecular weight excluding hydrogens is 339 g/mol. The van der Waals surface area contributed by atoms with Gasteiger partial charge in [-0.15, -0.1) is 13.2 Å². The minimum absolute atomic E-state index is 0.107. The second-order valence-electron chi connectivity index (χ2n) is 5.01. The zero-order chi connectivity index (χ0) is 18.0. The van der Waals surface area contributed by atoms with Crippen LogP contribution in [0.2, 0.25) is 0 Å². The number of carbonyl (C=O) groups is 2. The molecule has 1 amide bonds. The Morgan fingerprint density at radius 3 is 2.32 bits per heavy atom. The Morgan fingerprint density at radius 2 is 1.68 bits per heavy atom. The number of fused-ring (bicyclic) bond motifs is 1. The lowest BCUT2D eigenvalue weighted by molar-refractivity contribution is -0.274. The summed E-state index contributed by atoms with van der Waals surface area (Å²) in [4.78, 5) is 23.7. The van der Waals surface area contributed by atoms with Crippen LogP contribution < -0.4 is 10.1 Å². The number of hydrogen-bond acceptors (Lipinski definition) is 4. The molecule has 1 heterocycles. The lowest BCUT2D eigenvalue weighted by atomic mass is 10.1. The number of anilines is 1. The van der Waals surface area contributed by atoms with E-state index in [1.807, 2.05) is 0 Å². The average Bonchev–Trinajstić information content (AvgIpc) is 2.84. The van der Waals surface area contributed by atoms with E-state index in [9.17, 15) is 22.8 Å². The fourth-order valence-electron chi connectivity index (χ4n) is 2.23. The molecule has 128 valence electrons. The van der Waals surface area contributed by atoms with E-state index in [1.54, 1.807) is 24.3 Å². The van der Waals surface area contributed by atoms with E-state index in [-0.39, 0.29) is 11.4 Å². The normalized spacial score (nSPS) is 14.8. The average molecular weight is 349 g/mol. The summed E-state index contributed by atoms with van der Waals surface area (Å²) in [6.07, 6.45) is -3.68. The predicted molar refractivity (Wildman–Crippen MR) is 81.6 cm³/mol. The van der Waals surface area contributed by atoms with Gasteiger partial charge < -0.3 is 14.8 Å². The van der Waals surface area contributed by atoms with Gasteiger partial charge in [-0.1, -0.05) is 18.2 Å². The molecule has 8 heteroatoms. The number of amides is 1. The van der Waals surface area contributed by atoms with Gasteiger partial charge in [0.05, 0.1) is 5.56 Å². The van der Waals surface area contributed by atoms with Gasteiger partial charge in [0.25, 0.3) is 5.91 Å². The Morgan fingerprint density at radius 1 is 1.04 bits per heavy atom. The van der Waals surface area contributed by atoms with Crippen molar-refractivity contribution in [2.45, 2.75) is 6.36 Å². The number of cyclic esters (lactones) is 1. The minimum Gasteiger partial charge on any atom is -0.422 e. The topological polar surface area (TPSA) is 64.6 Å². The number of esters is 1. The first-order chi connectivity index (χ1) is 11.8. The van der Waals surface area contributed by atoms with Gasteiger partial charge in [-0.3, -0.25) is 4.79 Å². The minimum atomic E-state index is -4.78. The van der Waals surface area contributed by atoms with Gasteiger partial charge in [-0.05, 0) is 30.3 Å². The van der Waals surface area contributed by atoms with E-state index in [2.05, 4.69) is 10.1 Å². The van der Waals surface area contributed by atoms with Crippen LogP contribution in [0, 0.1) is 0 Å². The fourth-order valence-corrected chi connectivity index (χ4v) is 2.23. The number of rotatable bonds is 3. The zero-order valence-electron chi connectivity index (χ0n) is 12.5. The van der Waals surface area contributed by atoms with Crippen molar-refractivity contribution in [2.24, 2.45) is 0 Å². The lowest BCUT2D eigenvalue weighted by Crippen LogP contribution is -2.17. The summed E-state index contributed by atoms with van der Waals surface area (Å²) in [6.45, 7) is 0. The van der Waals surface area contributed by atoms with Crippen LogP contribution in [0.1, 0.15) is 15.9 Å². The van der Waals surface area contributed by atoms with Crippen molar-refractivity contribution in [1.82, 2.24) is 0 Å². The second-order valence-corrected chi connectivity index (χ2v) is 5.01. The van der Waals surface area contributed by atoms with E-state index in [0.717, 1.165) is 18.2 Å². The lowest BCUT2D eigenvalue weighted by Gasteiger charge is -2.09. The summed E-state index contributed by atoms with van der Waals surface area (Å²) in [5.41, 5.74) is 1.11. The molecule has 0 bridgehead atoms. The van der Waals surface area contributed by atoms with Crippen molar-refractivity contribution in [3.05, 3.63) is 65.7 Å². The number of nitrogens with one attached hydrogen (secondary N) is 1. The van der Waals surface area contributed by atoms with Crippen molar-refractivity contribution < 1.29 is 32.2 Å². The molecule has 25 heavy (non-hydrogen) atoms. The molecular formula is C17H10F3NO4. The van der Waals surface area contributed by atoms with Crippen molar-refractivity contribution in [3.63, 3.8) is 0 Å². The van der Waals surface area contributed by atoms with Gasteiger partial charge in [0.1, 0.15) is 11.5 Å². The molecule has 0 aliphatic carbocycles. The van der Waals surface area contributed by atoms with Gasteiger partial charge >= 0.3 is 12.3 Å². The standard InChI is InChI=1S/C17H10F3NO4/c18-17(19,20)25-11-7-5-10(6-8-11)21-15(22)9-14-12-3-1-2-4-13(12)16(23)24-14/h1-9H,(H,21,22)/b14-9-. The zero-order valence-corrected chi connectivity index (χ0v) is 12.5. The Balaban J connectivity index is 1.70. The van der Waals surface area contributed by atoms with E-state index < -0.39 is 24.0 Å². The van der Waals surface area contributed by atoms with Gasteiger partial charge in [-0.25, -0.2) is 4.79 Å². The van der Waals surface area contributed by atoms with Crippen LogP contribution >= 0.6 is 0 Å². The predicted octanol–water partition coefficient (Wildman–Crippen LogP) is 3.74. The molecule has 1 N–H and O–H groups in total. The first-order valence-corrected chi connectivity index (χ1v) is 7.02. The number of halogens is 3. The Bertz CT molecular complexity index is 857. The van der Waals surface area contributed by atoms with Crippen molar-refractivity contribution in [1.29, 1.82) is 0 Å². The fraction of sp³-hybridized carbons (Fsp3) is 0.0588. The van der Waals surface area contributed by atoms with Gasteiger partial charge in [0, 0.05) is 17.3 Å². The third kappa shape index (κ3) is 3.97. The number of alkyl halides is 3. The third-order valence-corrected chi connectivity index (χ3v) is 3.23. The Hall–Kier alpha value is -3.29. The van der Waals surface area contributed by atoms with Crippen molar-refractivity contribution >= 4 is 23.3 Å². The molecule has 0 radical (unpaired) electrons. The van der Waals surface area contributed by atoms with Crippen molar-refractivity contribution in [3.8, 4) is 5.75 Å². The summed E-state index contributed by atoms with van der Waals surface area (Å²) in [5, 5.41) is 2.46. The molecule has 0 unspecified atom stereocenters. The molecule has 5 nitrogen and oxygen atoms in total. The quantitative estimate of drug-likeness (QED) is 0.677. The monoisotopic (exact) mass is 349 g/mol. The summed E-state index contributed by atoms with van der Waals surface area (Å²) >= 11 is 0. The van der Waals surface area contributed by atoms with E-state index in [4.69, 9.17) is 4.74 Å². The van der Waals surface area contributed by atoms with E-state index >= 15 is 0 Å².